The van der Waals surface area contributed by atoms with Gasteiger partial charge in [-0.2, -0.15) is 5.10 Å². The highest BCUT2D eigenvalue weighted by molar-refractivity contribution is 7.99. The van der Waals surface area contributed by atoms with Crippen molar-refractivity contribution in [2.75, 3.05) is 11.1 Å². The van der Waals surface area contributed by atoms with E-state index >= 15 is 0 Å². The molecule has 1 amide bonds. The minimum Gasteiger partial charge on any atom is -0.444 e. The third-order valence-electron chi connectivity index (χ3n) is 3.93. The van der Waals surface area contributed by atoms with Crippen LogP contribution in [0.25, 0.3) is 10.8 Å². The Morgan fingerprint density at radius 3 is 2.84 bits per heavy atom. The maximum Gasteiger partial charge on any atom is 0.277 e. The number of amides is 1. The van der Waals surface area contributed by atoms with Crippen LogP contribution in [-0.4, -0.2) is 32.1 Å². The van der Waals surface area contributed by atoms with Crippen molar-refractivity contribution in [3.05, 3.63) is 27.7 Å². The molecule has 0 aromatic carbocycles. The van der Waals surface area contributed by atoms with E-state index < -0.39 is 5.56 Å². The number of nitrogens with one attached hydrogen (secondary N) is 2. The Labute approximate surface area is 145 Å². The number of carbonyl (C=O) groups excluding carboxylic acids is 1. The molecule has 0 bridgehead atoms. The average molecular weight is 361 g/mol. The third-order valence-corrected chi connectivity index (χ3v) is 4.75. The number of fused-ring (bicyclic) bond motifs is 1. The molecule has 1 aliphatic carbocycles. The highest BCUT2D eigenvalue weighted by Crippen LogP contribution is 2.39. The maximum atomic E-state index is 12.2. The first kappa shape index (κ1) is 15.9. The summed E-state index contributed by atoms with van der Waals surface area (Å²) in [5.74, 6) is 1.38. The summed E-state index contributed by atoms with van der Waals surface area (Å²) in [5, 5.41) is 18.1. The number of anilines is 1. The number of aromatic amines is 1. The quantitative estimate of drug-likeness (QED) is 0.662. The summed E-state index contributed by atoms with van der Waals surface area (Å²) in [4.78, 5) is 24.2. The number of hydrogen-bond donors (Lipinski definition) is 2. The van der Waals surface area contributed by atoms with Crippen LogP contribution in [0.2, 0.25) is 0 Å². The van der Waals surface area contributed by atoms with Crippen LogP contribution in [0.5, 0.6) is 0 Å². The minimum atomic E-state index is -0.411. The van der Waals surface area contributed by atoms with Gasteiger partial charge >= 0.3 is 0 Å². The molecule has 0 spiro atoms. The van der Waals surface area contributed by atoms with E-state index in [0.29, 0.717) is 33.9 Å². The van der Waals surface area contributed by atoms with Crippen molar-refractivity contribution in [2.45, 2.75) is 37.8 Å². The fourth-order valence-corrected chi connectivity index (χ4v) is 3.17. The molecule has 0 unspecified atom stereocenters. The largest absolute Gasteiger partial charge is 0.444 e. The van der Waals surface area contributed by atoms with E-state index in [1.54, 1.807) is 13.8 Å². The first-order valence-electron chi connectivity index (χ1n) is 7.77. The van der Waals surface area contributed by atoms with E-state index in [1.807, 2.05) is 0 Å². The van der Waals surface area contributed by atoms with Gasteiger partial charge in [-0.1, -0.05) is 11.8 Å². The van der Waals surface area contributed by atoms with Gasteiger partial charge in [-0.3, -0.25) is 14.9 Å². The Morgan fingerprint density at radius 2 is 2.08 bits per heavy atom. The van der Waals surface area contributed by atoms with Crippen molar-refractivity contribution in [3.8, 4) is 0 Å². The Kier molecular flexibility index (Phi) is 3.83. The third kappa shape index (κ3) is 3.04. The lowest BCUT2D eigenvalue weighted by molar-refractivity contribution is -0.113. The lowest BCUT2D eigenvalue weighted by Crippen LogP contribution is -2.16. The lowest BCUT2D eigenvalue weighted by atomic mass is 10.2. The molecule has 10 heteroatoms. The summed E-state index contributed by atoms with van der Waals surface area (Å²) >= 11 is 1.14. The molecule has 2 N–H and O–H groups in total. The Balaban J connectivity index is 1.48. The molecule has 3 aromatic rings. The van der Waals surface area contributed by atoms with E-state index in [9.17, 15) is 9.59 Å². The van der Waals surface area contributed by atoms with Crippen LogP contribution in [0.15, 0.2) is 18.9 Å². The van der Waals surface area contributed by atoms with E-state index in [1.165, 1.54) is 0 Å². The number of rotatable bonds is 5. The zero-order valence-electron chi connectivity index (χ0n) is 13.6. The average Bonchev–Trinajstić information content (AvgIpc) is 3.23. The van der Waals surface area contributed by atoms with Gasteiger partial charge < -0.3 is 8.83 Å². The van der Waals surface area contributed by atoms with Crippen LogP contribution < -0.4 is 10.9 Å². The van der Waals surface area contributed by atoms with Crippen LogP contribution in [0, 0.1) is 13.8 Å². The Morgan fingerprint density at radius 1 is 1.28 bits per heavy atom. The second-order valence-corrected chi connectivity index (χ2v) is 6.82. The molecule has 0 saturated heterocycles. The summed E-state index contributed by atoms with van der Waals surface area (Å²) in [7, 11) is 0. The number of thioether (sulfide) groups is 1. The fourth-order valence-electron chi connectivity index (χ4n) is 2.60. The highest BCUT2D eigenvalue weighted by Gasteiger charge is 2.29. The molecule has 25 heavy (non-hydrogen) atoms. The minimum absolute atomic E-state index is 0.0650. The predicted octanol–water partition coefficient (Wildman–Crippen LogP) is 2.12. The summed E-state index contributed by atoms with van der Waals surface area (Å²) in [6, 6.07) is 0. The summed E-state index contributed by atoms with van der Waals surface area (Å²) in [6.45, 7) is 3.48. The second kappa shape index (κ2) is 6.03. The molecule has 0 aliphatic heterocycles. The summed E-state index contributed by atoms with van der Waals surface area (Å²) < 4.78 is 11.0. The van der Waals surface area contributed by atoms with Gasteiger partial charge in [0.15, 0.2) is 0 Å². The molecular formula is C15H15N5O4S. The van der Waals surface area contributed by atoms with Crippen molar-refractivity contribution >= 4 is 34.3 Å². The summed E-state index contributed by atoms with van der Waals surface area (Å²) in [5.41, 5.74) is 0.218. The van der Waals surface area contributed by atoms with Crippen LogP contribution in [0.1, 0.15) is 36.1 Å². The molecule has 4 rings (SSSR count). The molecule has 0 atom stereocenters. The molecule has 0 radical (unpaired) electrons. The standard InChI is InChI=1S/C15H15N5O4S/c1-6-10-7(2)23-14(11(10)12(22)18-17-6)16-9(21)5-25-15-20-19-13(24-15)8-3-4-8/h8H,3-5H2,1-2H3,(H,16,21)(H,18,22). The normalized spacial score (nSPS) is 14.2. The van der Waals surface area contributed by atoms with E-state index in [-0.39, 0.29) is 22.9 Å². The molecule has 3 heterocycles. The first-order valence-corrected chi connectivity index (χ1v) is 8.76. The van der Waals surface area contributed by atoms with Gasteiger partial charge in [0.25, 0.3) is 10.8 Å². The zero-order valence-corrected chi connectivity index (χ0v) is 14.4. The number of carbonyl (C=O) groups is 1. The first-order chi connectivity index (χ1) is 12.0. The highest BCUT2D eigenvalue weighted by atomic mass is 32.2. The van der Waals surface area contributed by atoms with Gasteiger partial charge in [-0.25, -0.2) is 5.10 Å². The number of nitrogens with zero attached hydrogens (tertiary/aromatic N) is 3. The molecule has 1 fully saturated rings. The summed E-state index contributed by atoms with van der Waals surface area (Å²) in [6.07, 6.45) is 2.14. The molecular weight excluding hydrogens is 346 g/mol. The van der Waals surface area contributed by atoms with E-state index in [0.717, 1.165) is 24.6 Å². The van der Waals surface area contributed by atoms with Gasteiger partial charge in [-0.15, -0.1) is 10.2 Å². The number of aromatic nitrogens is 4. The smallest absolute Gasteiger partial charge is 0.277 e. The second-order valence-electron chi connectivity index (χ2n) is 5.89. The number of aryl methyl sites for hydroxylation is 2. The molecule has 1 aliphatic rings. The number of furan rings is 1. The Bertz CT molecular complexity index is 1020. The van der Waals surface area contributed by atoms with Gasteiger partial charge in [-0.05, 0) is 26.7 Å². The molecule has 9 nitrogen and oxygen atoms in total. The van der Waals surface area contributed by atoms with Crippen LogP contribution in [-0.2, 0) is 4.79 Å². The van der Waals surface area contributed by atoms with Crippen molar-refractivity contribution < 1.29 is 13.6 Å². The van der Waals surface area contributed by atoms with E-state index in [4.69, 9.17) is 8.83 Å². The van der Waals surface area contributed by atoms with Gasteiger partial charge in [0.1, 0.15) is 11.1 Å². The lowest BCUT2D eigenvalue weighted by Gasteiger charge is -2.00. The monoisotopic (exact) mass is 361 g/mol. The van der Waals surface area contributed by atoms with Crippen molar-refractivity contribution in [1.29, 1.82) is 0 Å². The van der Waals surface area contributed by atoms with Crippen LogP contribution in [0.3, 0.4) is 0 Å². The van der Waals surface area contributed by atoms with Gasteiger partial charge in [0.2, 0.25) is 17.7 Å². The van der Waals surface area contributed by atoms with Gasteiger partial charge in [0.05, 0.1) is 16.8 Å². The van der Waals surface area contributed by atoms with Crippen molar-refractivity contribution in [2.24, 2.45) is 0 Å². The number of hydrogen-bond acceptors (Lipinski definition) is 8. The fraction of sp³-hybridized carbons (Fsp3) is 0.400. The topological polar surface area (TPSA) is 127 Å². The van der Waals surface area contributed by atoms with Crippen molar-refractivity contribution in [1.82, 2.24) is 20.4 Å². The predicted molar refractivity (Wildman–Crippen MR) is 89.7 cm³/mol. The van der Waals surface area contributed by atoms with Crippen molar-refractivity contribution in [3.63, 3.8) is 0 Å². The SMILES string of the molecule is Cc1n[nH]c(=O)c2c(NC(=O)CSc3nnc(C4CC4)o3)oc(C)c12. The molecule has 3 aromatic heterocycles. The van der Waals surface area contributed by atoms with Gasteiger partial charge in [0, 0.05) is 5.92 Å². The Hall–Kier alpha value is -2.62. The zero-order chi connectivity index (χ0) is 17.6. The maximum absolute atomic E-state index is 12.2. The molecule has 130 valence electrons. The number of H-pyrrole nitrogens is 1. The van der Waals surface area contributed by atoms with Crippen LogP contribution >= 0.6 is 11.8 Å². The van der Waals surface area contributed by atoms with E-state index in [2.05, 4.69) is 25.7 Å². The van der Waals surface area contributed by atoms with Crippen LogP contribution in [0.4, 0.5) is 5.88 Å². The molecule has 1 saturated carbocycles.